The highest BCUT2D eigenvalue weighted by molar-refractivity contribution is 5.52. The first-order chi connectivity index (χ1) is 10.9. The summed E-state index contributed by atoms with van der Waals surface area (Å²) in [4.78, 5) is 26.9. The molecule has 7 heteroatoms. The van der Waals surface area contributed by atoms with Gasteiger partial charge in [0, 0.05) is 44.1 Å². The summed E-state index contributed by atoms with van der Waals surface area (Å²) in [6.45, 7) is 2.60. The van der Waals surface area contributed by atoms with Crippen molar-refractivity contribution in [3.63, 3.8) is 0 Å². The van der Waals surface area contributed by atoms with Crippen molar-refractivity contribution < 1.29 is 0 Å². The van der Waals surface area contributed by atoms with Gasteiger partial charge < -0.3 is 4.98 Å². The molecule has 0 fully saturated rings. The predicted molar refractivity (Wildman–Crippen MR) is 79.5 cm³/mol. The van der Waals surface area contributed by atoms with Gasteiger partial charge in [0.2, 0.25) is 0 Å². The van der Waals surface area contributed by atoms with Gasteiger partial charge in [0.25, 0.3) is 0 Å². The molecule has 1 aliphatic heterocycles. The van der Waals surface area contributed by atoms with E-state index < -0.39 is 0 Å². The van der Waals surface area contributed by atoms with Crippen LogP contribution in [0.2, 0.25) is 0 Å². The molecule has 7 nitrogen and oxygen atoms in total. The summed E-state index contributed by atoms with van der Waals surface area (Å²) in [5, 5.41) is 0. The summed E-state index contributed by atoms with van der Waals surface area (Å²) in [5.74, 6) is 1.66. The normalized spacial score (nSPS) is 14.7. The number of imidazole rings is 1. The van der Waals surface area contributed by atoms with Crippen LogP contribution in [0.25, 0.3) is 11.4 Å². The van der Waals surface area contributed by atoms with Crippen LogP contribution in [0.3, 0.4) is 0 Å². The molecule has 4 heterocycles. The number of fused-ring (bicyclic) bond motifs is 1. The minimum absolute atomic E-state index is 0.680. The summed E-state index contributed by atoms with van der Waals surface area (Å²) in [6, 6.07) is 0. The molecule has 0 aliphatic carbocycles. The Kier molecular flexibility index (Phi) is 3.32. The van der Waals surface area contributed by atoms with E-state index in [0.717, 1.165) is 43.1 Å². The van der Waals surface area contributed by atoms with Gasteiger partial charge in [0.05, 0.1) is 17.8 Å². The molecule has 0 atom stereocenters. The molecule has 0 aromatic carbocycles. The molecule has 1 aliphatic rings. The molecule has 4 rings (SSSR count). The van der Waals surface area contributed by atoms with Crippen molar-refractivity contribution in [2.45, 2.75) is 19.5 Å². The van der Waals surface area contributed by atoms with Gasteiger partial charge in [-0.3, -0.25) is 4.90 Å². The monoisotopic (exact) mass is 293 g/mol. The van der Waals surface area contributed by atoms with E-state index in [1.54, 1.807) is 18.6 Å². The van der Waals surface area contributed by atoms with Crippen molar-refractivity contribution in [1.29, 1.82) is 0 Å². The van der Waals surface area contributed by atoms with E-state index in [1.165, 1.54) is 11.9 Å². The number of nitrogens with zero attached hydrogens (tertiary/aromatic N) is 6. The molecule has 0 unspecified atom stereocenters. The molecular formula is C15H15N7. The zero-order chi connectivity index (χ0) is 14.8. The maximum Gasteiger partial charge on any atom is 0.162 e. The first-order valence-electron chi connectivity index (χ1n) is 7.19. The second-order valence-electron chi connectivity index (χ2n) is 5.29. The zero-order valence-electron chi connectivity index (χ0n) is 12.0. The SMILES string of the molecule is c1ncc(-c2ncc3c(n2)CN(Cc2ncc[nH]2)CC3)cn1. The van der Waals surface area contributed by atoms with Crippen molar-refractivity contribution in [3.8, 4) is 11.4 Å². The van der Waals surface area contributed by atoms with Crippen LogP contribution in [0.5, 0.6) is 0 Å². The first-order valence-corrected chi connectivity index (χ1v) is 7.19. The number of rotatable bonds is 3. The topological polar surface area (TPSA) is 83.5 Å². The number of hydrogen-bond donors (Lipinski definition) is 1. The second-order valence-corrected chi connectivity index (χ2v) is 5.29. The molecule has 0 spiro atoms. The average Bonchev–Trinajstić information content (AvgIpc) is 3.08. The summed E-state index contributed by atoms with van der Waals surface area (Å²) >= 11 is 0. The molecule has 1 N–H and O–H groups in total. The van der Waals surface area contributed by atoms with Gasteiger partial charge in [-0.1, -0.05) is 0 Å². The second kappa shape index (κ2) is 5.61. The Morgan fingerprint density at radius 2 is 2.05 bits per heavy atom. The quantitative estimate of drug-likeness (QED) is 0.781. The molecular weight excluding hydrogens is 278 g/mol. The third kappa shape index (κ3) is 2.58. The summed E-state index contributed by atoms with van der Waals surface area (Å²) in [5.41, 5.74) is 3.14. The fourth-order valence-electron chi connectivity index (χ4n) is 2.64. The van der Waals surface area contributed by atoms with Crippen LogP contribution in [0.15, 0.2) is 37.3 Å². The number of hydrogen-bond acceptors (Lipinski definition) is 6. The lowest BCUT2D eigenvalue weighted by Gasteiger charge is -2.27. The third-order valence-corrected chi connectivity index (χ3v) is 3.77. The molecule has 3 aromatic rings. The number of H-pyrrole nitrogens is 1. The third-order valence-electron chi connectivity index (χ3n) is 3.77. The van der Waals surface area contributed by atoms with Crippen molar-refractivity contribution in [1.82, 2.24) is 34.8 Å². The summed E-state index contributed by atoms with van der Waals surface area (Å²) in [7, 11) is 0. The molecule has 0 radical (unpaired) electrons. The Morgan fingerprint density at radius 1 is 1.14 bits per heavy atom. The molecule has 3 aromatic heterocycles. The lowest BCUT2D eigenvalue weighted by molar-refractivity contribution is 0.236. The molecule has 0 saturated carbocycles. The van der Waals surface area contributed by atoms with Gasteiger partial charge in [-0.15, -0.1) is 0 Å². The predicted octanol–water partition coefficient (Wildman–Crippen LogP) is 1.21. The fraction of sp³-hybridized carbons (Fsp3) is 0.267. The fourth-order valence-corrected chi connectivity index (χ4v) is 2.64. The van der Waals surface area contributed by atoms with E-state index in [1.807, 2.05) is 12.4 Å². The van der Waals surface area contributed by atoms with Crippen LogP contribution in [0, 0.1) is 0 Å². The Morgan fingerprint density at radius 3 is 2.86 bits per heavy atom. The van der Waals surface area contributed by atoms with Crippen molar-refractivity contribution in [2.75, 3.05) is 6.54 Å². The highest BCUT2D eigenvalue weighted by Crippen LogP contribution is 2.20. The lowest BCUT2D eigenvalue weighted by Crippen LogP contribution is -2.31. The van der Waals surface area contributed by atoms with Crippen LogP contribution in [0.4, 0.5) is 0 Å². The van der Waals surface area contributed by atoms with E-state index in [-0.39, 0.29) is 0 Å². The Balaban J connectivity index is 1.58. The van der Waals surface area contributed by atoms with Crippen LogP contribution in [-0.2, 0) is 19.5 Å². The number of aromatic amines is 1. The largest absolute Gasteiger partial charge is 0.348 e. The molecule has 0 bridgehead atoms. The van der Waals surface area contributed by atoms with E-state index in [4.69, 9.17) is 4.98 Å². The van der Waals surface area contributed by atoms with E-state index in [0.29, 0.717) is 5.82 Å². The molecule has 110 valence electrons. The van der Waals surface area contributed by atoms with E-state index >= 15 is 0 Å². The highest BCUT2D eigenvalue weighted by atomic mass is 15.2. The van der Waals surface area contributed by atoms with Crippen LogP contribution in [0.1, 0.15) is 17.1 Å². The summed E-state index contributed by atoms with van der Waals surface area (Å²) < 4.78 is 0. The van der Waals surface area contributed by atoms with Gasteiger partial charge in [-0.25, -0.2) is 24.9 Å². The number of aromatic nitrogens is 6. The van der Waals surface area contributed by atoms with Crippen molar-refractivity contribution in [2.24, 2.45) is 0 Å². The molecule has 0 amide bonds. The molecule has 22 heavy (non-hydrogen) atoms. The maximum atomic E-state index is 4.70. The van der Waals surface area contributed by atoms with E-state index in [2.05, 4.69) is 29.8 Å². The van der Waals surface area contributed by atoms with Crippen LogP contribution in [-0.4, -0.2) is 41.3 Å². The smallest absolute Gasteiger partial charge is 0.162 e. The molecule has 0 saturated heterocycles. The van der Waals surface area contributed by atoms with Crippen LogP contribution >= 0.6 is 0 Å². The van der Waals surface area contributed by atoms with Crippen LogP contribution < -0.4 is 0 Å². The zero-order valence-corrected chi connectivity index (χ0v) is 12.0. The standard InChI is InChI=1S/C15H15N7/c1-4-22(9-14-18-2-3-19-14)8-13-11(1)7-20-15(21-13)12-5-16-10-17-6-12/h2-3,5-7,10H,1,4,8-9H2,(H,18,19). The maximum absolute atomic E-state index is 4.70. The van der Waals surface area contributed by atoms with Gasteiger partial charge in [0.1, 0.15) is 12.2 Å². The first kappa shape index (κ1) is 13.0. The van der Waals surface area contributed by atoms with Gasteiger partial charge in [-0.05, 0) is 12.0 Å². The average molecular weight is 293 g/mol. The number of nitrogens with one attached hydrogen (secondary N) is 1. The van der Waals surface area contributed by atoms with Crippen molar-refractivity contribution in [3.05, 3.63) is 54.4 Å². The highest BCUT2D eigenvalue weighted by Gasteiger charge is 2.19. The van der Waals surface area contributed by atoms with Crippen molar-refractivity contribution >= 4 is 0 Å². The summed E-state index contributed by atoms with van der Waals surface area (Å²) in [6.07, 6.45) is 11.5. The Hall–Kier alpha value is -2.67. The van der Waals surface area contributed by atoms with Gasteiger partial charge in [0.15, 0.2) is 5.82 Å². The Bertz CT molecular complexity index is 755. The van der Waals surface area contributed by atoms with Gasteiger partial charge >= 0.3 is 0 Å². The lowest BCUT2D eigenvalue weighted by atomic mass is 10.1. The minimum atomic E-state index is 0.680. The van der Waals surface area contributed by atoms with E-state index in [9.17, 15) is 0 Å². The Labute approximate surface area is 127 Å². The van der Waals surface area contributed by atoms with Gasteiger partial charge in [-0.2, -0.15) is 0 Å². The minimum Gasteiger partial charge on any atom is -0.348 e.